The summed E-state index contributed by atoms with van der Waals surface area (Å²) >= 11 is 2.74. The number of hydrogen-bond acceptors (Lipinski definition) is 10. The van der Waals surface area contributed by atoms with Crippen molar-refractivity contribution in [2.75, 3.05) is 0 Å². The molecule has 0 spiro atoms. The van der Waals surface area contributed by atoms with E-state index in [4.69, 9.17) is 9.47 Å². The molecule has 2 heterocycles. The molecule has 0 unspecified atom stereocenters. The van der Waals surface area contributed by atoms with Crippen molar-refractivity contribution in [1.29, 1.82) is 0 Å². The SMILES string of the molecule is CCCCCCCCCCc1cccc(S(=O)(=O)[O-])c1Oc1cccs1.CCCCCCCCCCc1cccc(S(=O)(=O)[O-])c1Oc1cccs1.[Na+].[Na+]. The third-order valence-electron chi connectivity index (χ3n) is 8.65. The van der Waals surface area contributed by atoms with E-state index in [1.54, 1.807) is 24.3 Å². The van der Waals surface area contributed by atoms with Gasteiger partial charge >= 0.3 is 59.1 Å². The van der Waals surface area contributed by atoms with E-state index in [9.17, 15) is 25.9 Å². The van der Waals surface area contributed by atoms with Crippen molar-refractivity contribution in [2.24, 2.45) is 0 Å². The van der Waals surface area contributed by atoms with E-state index in [0.717, 1.165) is 36.8 Å². The second-order valence-electron chi connectivity index (χ2n) is 12.9. The Morgan fingerprint density at radius 1 is 0.481 bits per heavy atom. The second kappa shape index (κ2) is 28.6. The number of benzene rings is 2. The Kier molecular flexibility index (Phi) is 27.2. The zero-order valence-electron chi connectivity index (χ0n) is 32.6. The number of thiophene rings is 2. The number of ether oxygens (including phenoxy) is 2. The van der Waals surface area contributed by atoms with Crippen LogP contribution in [0.1, 0.15) is 128 Å². The van der Waals surface area contributed by atoms with E-state index < -0.39 is 20.2 Å². The van der Waals surface area contributed by atoms with Gasteiger partial charge in [-0.3, -0.25) is 0 Å². The Hall–Kier alpha value is -0.740. The van der Waals surface area contributed by atoms with Gasteiger partial charge in [-0.25, -0.2) is 16.8 Å². The summed E-state index contributed by atoms with van der Waals surface area (Å²) < 4.78 is 81.2. The zero-order valence-corrected chi connectivity index (χ0v) is 39.8. The molecule has 2 aromatic heterocycles. The van der Waals surface area contributed by atoms with Gasteiger partial charge in [0.15, 0.2) is 10.1 Å². The van der Waals surface area contributed by atoms with Crippen LogP contribution in [0, 0.1) is 0 Å². The fourth-order valence-corrected chi connectivity index (χ4v) is 8.33. The van der Waals surface area contributed by atoms with Crippen molar-refractivity contribution in [3.05, 3.63) is 82.6 Å². The molecule has 0 saturated heterocycles. The molecule has 0 aliphatic carbocycles. The largest absolute Gasteiger partial charge is 1.00 e. The first-order valence-electron chi connectivity index (χ1n) is 18.6. The Labute approximate surface area is 376 Å². The molecule has 14 heteroatoms. The monoisotopic (exact) mass is 836 g/mol. The van der Waals surface area contributed by atoms with Gasteiger partial charge in [0.1, 0.15) is 31.7 Å². The standard InChI is InChI=1S/2C20H28O4S2.2Na/c2*1-2-3-4-5-6-7-8-9-12-17-13-10-14-18(26(21,22)23)20(17)24-19-15-11-16-25-19;;/h2*10-11,13-16H,2-9,12H2,1H3,(H,21,22,23);;/q;;2*+1/p-2. The summed E-state index contributed by atoms with van der Waals surface area (Å²) in [6.45, 7) is 4.43. The minimum atomic E-state index is -4.58. The third kappa shape index (κ3) is 19.6. The molecule has 0 aliphatic rings. The Bertz CT molecular complexity index is 1650. The van der Waals surface area contributed by atoms with Gasteiger partial charge in [-0.2, -0.15) is 0 Å². The molecule has 288 valence electrons. The molecule has 2 aromatic carbocycles. The van der Waals surface area contributed by atoms with Crippen molar-refractivity contribution in [1.82, 2.24) is 0 Å². The molecule has 8 nitrogen and oxygen atoms in total. The van der Waals surface area contributed by atoms with Gasteiger partial charge in [0, 0.05) is 0 Å². The van der Waals surface area contributed by atoms with Crippen LogP contribution in [0.2, 0.25) is 0 Å². The molecule has 0 N–H and O–H groups in total. The second-order valence-corrected chi connectivity index (χ2v) is 17.4. The molecule has 4 aromatic rings. The fourth-order valence-electron chi connectivity index (χ4n) is 5.88. The van der Waals surface area contributed by atoms with Gasteiger partial charge < -0.3 is 18.6 Å². The van der Waals surface area contributed by atoms with Crippen molar-refractivity contribution in [3.8, 4) is 21.6 Å². The molecular formula is C40H54Na2O8S4. The predicted octanol–water partition coefficient (Wildman–Crippen LogP) is 6.26. The van der Waals surface area contributed by atoms with Gasteiger partial charge in [0.05, 0.1) is 9.79 Å². The minimum absolute atomic E-state index is 0. The maximum atomic E-state index is 11.6. The van der Waals surface area contributed by atoms with Gasteiger partial charge in [-0.05, 0) is 84.0 Å². The van der Waals surface area contributed by atoms with Crippen molar-refractivity contribution < 1.29 is 94.5 Å². The van der Waals surface area contributed by atoms with Gasteiger partial charge in [0.2, 0.25) is 0 Å². The first kappa shape index (κ1) is 51.3. The van der Waals surface area contributed by atoms with E-state index in [0.29, 0.717) is 23.0 Å². The zero-order chi connectivity index (χ0) is 37.7. The quantitative estimate of drug-likeness (QED) is 0.0459. The van der Waals surface area contributed by atoms with Crippen LogP contribution in [0.15, 0.2) is 81.2 Å². The summed E-state index contributed by atoms with van der Waals surface area (Å²) in [4.78, 5) is -0.550. The topological polar surface area (TPSA) is 133 Å². The van der Waals surface area contributed by atoms with E-state index in [1.165, 1.54) is 112 Å². The van der Waals surface area contributed by atoms with Crippen molar-refractivity contribution in [3.63, 3.8) is 0 Å². The summed E-state index contributed by atoms with van der Waals surface area (Å²) in [5, 5.41) is 4.86. The number of unbranched alkanes of at least 4 members (excludes halogenated alkanes) is 14. The van der Waals surface area contributed by atoms with Crippen molar-refractivity contribution in [2.45, 2.75) is 139 Å². The maximum absolute atomic E-state index is 11.6. The van der Waals surface area contributed by atoms with E-state index in [-0.39, 0.29) is 80.4 Å². The molecule has 4 rings (SSSR count). The third-order valence-corrected chi connectivity index (χ3v) is 11.9. The predicted molar refractivity (Wildman–Crippen MR) is 210 cm³/mol. The molecule has 0 radical (unpaired) electrons. The summed E-state index contributed by atoms with van der Waals surface area (Å²) in [6.07, 6.45) is 20.7. The van der Waals surface area contributed by atoms with Crippen molar-refractivity contribution >= 4 is 42.9 Å². The van der Waals surface area contributed by atoms with Crippen LogP contribution in [0.25, 0.3) is 0 Å². The van der Waals surface area contributed by atoms with E-state index in [2.05, 4.69) is 13.8 Å². The molecule has 0 fully saturated rings. The van der Waals surface area contributed by atoms with Gasteiger partial charge in [-0.15, -0.1) is 22.7 Å². The smallest absolute Gasteiger partial charge is 0.744 e. The molecule has 0 amide bonds. The summed E-state index contributed by atoms with van der Waals surface area (Å²) in [5.41, 5.74) is 1.56. The number of aryl methyl sites for hydroxylation is 2. The Balaban J connectivity index is 0.000000521. The van der Waals surface area contributed by atoms with Crippen LogP contribution >= 0.6 is 22.7 Å². The van der Waals surface area contributed by atoms with Crippen LogP contribution in [-0.2, 0) is 33.1 Å². The summed E-state index contributed by atoms with van der Waals surface area (Å²) in [7, 11) is -9.16. The normalized spacial score (nSPS) is 11.2. The molecular weight excluding hydrogens is 783 g/mol. The van der Waals surface area contributed by atoms with Gasteiger partial charge in [-0.1, -0.05) is 128 Å². The first-order chi connectivity index (χ1) is 25.0. The average Bonchev–Trinajstić information content (AvgIpc) is 3.82. The number of rotatable bonds is 24. The van der Waals surface area contributed by atoms with Crippen LogP contribution in [0.5, 0.6) is 21.6 Å². The van der Waals surface area contributed by atoms with E-state index in [1.807, 2.05) is 35.0 Å². The Morgan fingerprint density at radius 3 is 1.11 bits per heavy atom. The molecule has 0 bridgehead atoms. The number of hydrogen-bond donors (Lipinski definition) is 0. The summed E-state index contributed by atoms with van der Waals surface area (Å²) in [6, 6.07) is 16.7. The van der Waals surface area contributed by atoms with Crippen LogP contribution in [-0.4, -0.2) is 25.9 Å². The van der Waals surface area contributed by atoms with E-state index >= 15 is 0 Å². The maximum Gasteiger partial charge on any atom is 1.00 e. The average molecular weight is 837 g/mol. The number of para-hydroxylation sites is 2. The van der Waals surface area contributed by atoms with Crippen LogP contribution < -0.4 is 68.6 Å². The first-order valence-corrected chi connectivity index (χ1v) is 23.2. The van der Waals surface area contributed by atoms with Gasteiger partial charge in [0.25, 0.3) is 0 Å². The molecule has 0 saturated carbocycles. The molecule has 54 heavy (non-hydrogen) atoms. The van der Waals surface area contributed by atoms with Crippen LogP contribution in [0.4, 0.5) is 0 Å². The fraction of sp³-hybridized carbons (Fsp3) is 0.500. The Morgan fingerprint density at radius 2 is 0.815 bits per heavy atom. The van der Waals surface area contributed by atoms with Crippen LogP contribution in [0.3, 0.4) is 0 Å². The minimum Gasteiger partial charge on any atom is -0.744 e. The molecule has 0 atom stereocenters. The molecule has 0 aliphatic heterocycles. The summed E-state index contributed by atoms with van der Waals surface area (Å²) in [5.74, 6) is 0.376.